The molecule has 4 heteroatoms. The summed E-state index contributed by atoms with van der Waals surface area (Å²) in [6, 6.07) is 0. The number of allylic oxidation sites excluding steroid dienone is 5. The van der Waals surface area contributed by atoms with E-state index in [0.29, 0.717) is 23.7 Å². The minimum absolute atomic E-state index is 0.0107. The SMILES string of the molecule is CC(C)[C@@H](C)/C=C/[C@@H](C)[C@H]1C(S(C)(=O)=O)C[C@H]2C3=CC=C4C[C@@H](O)CC[C@]4(C)[C@H]3CC[C@]12C. The van der Waals surface area contributed by atoms with Crippen LogP contribution in [0.3, 0.4) is 0 Å². The summed E-state index contributed by atoms with van der Waals surface area (Å²) in [6.45, 7) is 13.8. The summed E-state index contributed by atoms with van der Waals surface area (Å²) < 4.78 is 26.2. The Morgan fingerprint density at radius 3 is 2.36 bits per heavy atom. The lowest BCUT2D eigenvalue weighted by molar-refractivity contribution is 0.0385. The Kier molecular flexibility index (Phi) is 6.62. The van der Waals surface area contributed by atoms with Crippen molar-refractivity contribution in [2.24, 2.45) is 46.3 Å². The first-order valence-electron chi connectivity index (χ1n) is 13.3. The summed E-state index contributed by atoms with van der Waals surface area (Å²) in [7, 11) is -3.14. The van der Waals surface area contributed by atoms with Gasteiger partial charge in [-0.2, -0.15) is 0 Å². The van der Waals surface area contributed by atoms with E-state index < -0.39 is 9.84 Å². The van der Waals surface area contributed by atoms with Crippen molar-refractivity contribution < 1.29 is 13.5 Å². The molecule has 3 fully saturated rings. The summed E-state index contributed by atoms with van der Waals surface area (Å²) in [5, 5.41) is 9.99. The molecule has 0 aromatic rings. The van der Waals surface area contributed by atoms with Crippen molar-refractivity contribution in [3.05, 3.63) is 35.5 Å². The topological polar surface area (TPSA) is 54.4 Å². The third kappa shape index (κ3) is 4.22. The van der Waals surface area contributed by atoms with E-state index in [-0.39, 0.29) is 34.0 Å². The molecular weight excluding hydrogens is 428 g/mol. The predicted molar refractivity (Wildman–Crippen MR) is 137 cm³/mol. The number of hydrogen-bond acceptors (Lipinski definition) is 3. The molecule has 0 saturated heterocycles. The van der Waals surface area contributed by atoms with E-state index in [1.54, 1.807) is 0 Å². The maximum atomic E-state index is 13.1. The number of aliphatic hydroxyl groups is 1. The second kappa shape index (κ2) is 8.66. The van der Waals surface area contributed by atoms with Gasteiger partial charge in [-0.15, -0.1) is 0 Å². The van der Waals surface area contributed by atoms with Crippen LogP contribution in [0.25, 0.3) is 0 Å². The Labute approximate surface area is 202 Å². The smallest absolute Gasteiger partial charge is 0.150 e. The number of sulfone groups is 1. The van der Waals surface area contributed by atoms with Crippen molar-refractivity contribution >= 4 is 9.84 Å². The molecule has 0 amide bonds. The van der Waals surface area contributed by atoms with Crippen LogP contribution >= 0.6 is 0 Å². The van der Waals surface area contributed by atoms with Crippen LogP contribution in [0.15, 0.2) is 35.5 Å². The molecule has 4 aliphatic carbocycles. The van der Waals surface area contributed by atoms with Crippen LogP contribution in [0.5, 0.6) is 0 Å². The average Bonchev–Trinajstić information content (AvgIpc) is 3.06. The first-order chi connectivity index (χ1) is 15.3. The van der Waals surface area contributed by atoms with Crippen LogP contribution in [-0.4, -0.2) is 31.1 Å². The lowest BCUT2D eigenvalue weighted by Crippen LogP contribution is -2.47. The molecule has 0 aromatic heterocycles. The van der Waals surface area contributed by atoms with Gasteiger partial charge in [-0.1, -0.05) is 77.0 Å². The largest absolute Gasteiger partial charge is 0.393 e. The molecule has 1 unspecified atom stereocenters. The Balaban J connectivity index is 1.71. The Morgan fingerprint density at radius 1 is 1.03 bits per heavy atom. The first kappa shape index (κ1) is 25.2. The van der Waals surface area contributed by atoms with Crippen LogP contribution in [-0.2, 0) is 9.84 Å². The fraction of sp³-hybridized carbons (Fsp3) is 0.793. The second-order valence-corrected chi connectivity index (χ2v) is 15.1. The van der Waals surface area contributed by atoms with Crippen molar-refractivity contribution in [2.45, 2.75) is 91.4 Å². The fourth-order valence-corrected chi connectivity index (χ4v) is 9.72. The van der Waals surface area contributed by atoms with E-state index in [9.17, 15) is 13.5 Å². The van der Waals surface area contributed by atoms with Gasteiger partial charge >= 0.3 is 0 Å². The molecule has 4 aliphatic rings. The molecule has 0 bridgehead atoms. The number of hydrogen-bond donors (Lipinski definition) is 1. The molecule has 3 saturated carbocycles. The fourth-order valence-electron chi connectivity index (χ4n) is 8.09. The van der Waals surface area contributed by atoms with Gasteiger partial charge in [0.25, 0.3) is 0 Å². The zero-order valence-corrected chi connectivity index (χ0v) is 22.7. The minimum Gasteiger partial charge on any atom is -0.393 e. The standard InChI is InChI=1S/C29H46O3S/c1-18(2)19(3)8-9-20(4)27-26(33(7,31)32)17-25-23-11-10-21-16-22(30)12-14-28(21,5)24(23)13-15-29(25,27)6/h8-11,18-20,22,24-27,30H,12-17H2,1-7H3/b9-8+/t19-,20+,22-,24-,25-,26?,27-,28-,29-/m0/s1. The van der Waals surface area contributed by atoms with E-state index in [1.807, 2.05) is 0 Å². The van der Waals surface area contributed by atoms with Crippen molar-refractivity contribution in [3.8, 4) is 0 Å². The minimum atomic E-state index is -3.14. The summed E-state index contributed by atoms with van der Waals surface area (Å²) in [5.74, 6) is 2.31. The van der Waals surface area contributed by atoms with Gasteiger partial charge in [0.1, 0.15) is 0 Å². The average molecular weight is 475 g/mol. The van der Waals surface area contributed by atoms with Crippen molar-refractivity contribution in [3.63, 3.8) is 0 Å². The maximum Gasteiger partial charge on any atom is 0.150 e. The van der Waals surface area contributed by atoms with E-state index in [4.69, 9.17) is 0 Å². The van der Waals surface area contributed by atoms with Gasteiger partial charge in [-0.3, -0.25) is 0 Å². The predicted octanol–water partition coefficient (Wildman–Crippen LogP) is 6.35. The lowest BCUT2D eigenvalue weighted by atomic mass is 9.50. The maximum absolute atomic E-state index is 13.1. The van der Waals surface area contributed by atoms with Gasteiger partial charge in [0.15, 0.2) is 9.84 Å². The first-order valence-corrected chi connectivity index (χ1v) is 15.2. The molecule has 0 aliphatic heterocycles. The summed E-state index contributed by atoms with van der Waals surface area (Å²) >= 11 is 0. The van der Waals surface area contributed by atoms with E-state index in [2.05, 4.69) is 65.8 Å². The zero-order chi connectivity index (χ0) is 24.3. The Hall–Kier alpha value is -0.870. The lowest BCUT2D eigenvalue weighted by Gasteiger charge is -2.55. The second-order valence-electron chi connectivity index (χ2n) is 12.8. The zero-order valence-electron chi connectivity index (χ0n) is 21.8. The van der Waals surface area contributed by atoms with Crippen LogP contribution in [0.4, 0.5) is 0 Å². The molecular formula is C29H46O3S. The number of fused-ring (bicyclic) bond motifs is 5. The quantitative estimate of drug-likeness (QED) is 0.472. The molecule has 0 heterocycles. The number of aliphatic hydroxyl groups excluding tert-OH is 1. The van der Waals surface area contributed by atoms with E-state index in [1.165, 1.54) is 17.4 Å². The van der Waals surface area contributed by atoms with Crippen LogP contribution in [0.2, 0.25) is 0 Å². The normalized spacial score (nSPS) is 42.9. The highest BCUT2D eigenvalue weighted by Crippen LogP contribution is 2.66. The van der Waals surface area contributed by atoms with Crippen molar-refractivity contribution in [1.82, 2.24) is 0 Å². The van der Waals surface area contributed by atoms with Crippen LogP contribution in [0, 0.1) is 46.3 Å². The molecule has 1 N–H and O–H groups in total. The van der Waals surface area contributed by atoms with Gasteiger partial charge in [-0.25, -0.2) is 8.42 Å². The molecule has 186 valence electrons. The van der Waals surface area contributed by atoms with E-state index in [0.717, 1.165) is 38.5 Å². The summed E-state index contributed by atoms with van der Waals surface area (Å²) in [6.07, 6.45) is 16.2. The highest BCUT2D eigenvalue weighted by molar-refractivity contribution is 7.91. The van der Waals surface area contributed by atoms with Gasteiger partial charge in [0, 0.05) is 6.26 Å². The molecule has 3 nitrogen and oxygen atoms in total. The highest BCUT2D eigenvalue weighted by atomic mass is 32.2. The van der Waals surface area contributed by atoms with E-state index >= 15 is 0 Å². The van der Waals surface area contributed by atoms with Crippen molar-refractivity contribution in [1.29, 1.82) is 0 Å². The molecule has 0 radical (unpaired) electrons. The third-order valence-electron chi connectivity index (χ3n) is 10.5. The Morgan fingerprint density at radius 2 is 1.73 bits per heavy atom. The molecule has 0 spiro atoms. The van der Waals surface area contributed by atoms with Gasteiger partial charge in [0.05, 0.1) is 11.4 Å². The molecule has 9 atom stereocenters. The summed E-state index contributed by atoms with van der Waals surface area (Å²) in [5.41, 5.74) is 3.05. The van der Waals surface area contributed by atoms with Crippen LogP contribution < -0.4 is 0 Å². The molecule has 33 heavy (non-hydrogen) atoms. The summed E-state index contributed by atoms with van der Waals surface area (Å²) in [4.78, 5) is 0. The molecule has 4 rings (SSSR count). The van der Waals surface area contributed by atoms with Crippen molar-refractivity contribution in [2.75, 3.05) is 6.26 Å². The monoisotopic (exact) mass is 474 g/mol. The third-order valence-corrected chi connectivity index (χ3v) is 12.1. The van der Waals surface area contributed by atoms with Gasteiger partial charge in [0.2, 0.25) is 0 Å². The highest BCUT2D eigenvalue weighted by Gasteiger charge is 2.61. The van der Waals surface area contributed by atoms with Gasteiger partial charge in [-0.05, 0) is 84.9 Å². The number of rotatable bonds is 5. The molecule has 0 aromatic carbocycles. The van der Waals surface area contributed by atoms with Crippen LogP contribution in [0.1, 0.15) is 80.1 Å². The van der Waals surface area contributed by atoms with Gasteiger partial charge < -0.3 is 5.11 Å². The Bertz CT molecular complexity index is 957.